The number of fused-ring (bicyclic) bond motifs is 9. The first-order chi connectivity index (χ1) is 38.0. The van der Waals surface area contributed by atoms with Crippen LogP contribution in [-0.4, -0.2) is 27.0 Å². The van der Waals surface area contributed by atoms with Crippen molar-refractivity contribution in [3.8, 4) is 34.3 Å². The second kappa shape index (κ2) is 18.3. The van der Waals surface area contributed by atoms with E-state index in [0.717, 1.165) is 28.2 Å². The predicted molar refractivity (Wildman–Crippen MR) is 332 cm³/mol. The first-order valence-electron chi connectivity index (χ1n) is 27.0. The summed E-state index contributed by atoms with van der Waals surface area (Å²) in [7, 11) is 0. The minimum atomic E-state index is -4.07. The average molecular weight is 1060 g/mol. The van der Waals surface area contributed by atoms with Crippen molar-refractivity contribution in [1.82, 2.24) is 13.7 Å². The fourth-order valence-corrected chi connectivity index (χ4v) is 22.7. The molecule has 0 radical (unpaired) electrons. The predicted octanol–water partition coefficient (Wildman–Crippen LogP) is 15.7. The summed E-state index contributed by atoms with van der Waals surface area (Å²) in [6.45, 7) is 13.1. The van der Waals surface area contributed by atoms with E-state index in [2.05, 4.69) is 274 Å². The van der Waals surface area contributed by atoms with Gasteiger partial charge in [-0.1, -0.05) is 0 Å². The Morgan fingerprint density at radius 2 is 0.551 bits per heavy atom. The van der Waals surface area contributed by atoms with Gasteiger partial charge in [0.2, 0.25) is 0 Å². The summed E-state index contributed by atoms with van der Waals surface area (Å²) in [5.41, 5.74) is 20.7. The zero-order valence-corrected chi connectivity index (χ0v) is 46.8. The molecule has 0 unspecified atom stereocenters. The summed E-state index contributed by atoms with van der Waals surface area (Å²) >= 11 is -4.07. The van der Waals surface area contributed by atoms with Gasteiger partial charge < -0.3 is 0 Å². The number of benzene rings is 11. The topological polar surface area (TPSA) is 38.6 Å². The molecule has 3 aromatic heterocycles. The summed E-state index contributed by atoms with van der Waals surface area (Å²) in [4.78, 5) is 0. The molecule has 0 saturated carbocycles. The summed E-state index contributed by atoms with van der Waals surface area (Å²) in [6, 6.07) is 89.4. The molecule has 372 valence electrons. The molecule has 4 nitrogen and oxygen atoms in total. The molecule has 0 saturated heterocycles. The van der Waals surface area contributed by atoms with Crippen LogP contribution in [0, 0.1) is 52.9 Å². The third kappa shape index (κ3) is 7.41. The van der Waals surface area contributed by atoms with Crippen LogP contribution in [0.2, 0.25) is 0 Å². The third-order valence-corrected chi connectivity index (χ3v) is 26.6. The van der Waals surface area contributed by atoms with E-state index in [-0.39, 0.29) is 0 Å². The van der Waals surface area contributed by atoms with Gasteiger partial charge >= 0.3 is 460 Å². The molecule has 0 aliphatic carbocycles. The first-order valence-corrected chi connectivity index (χ1v) is 31.2. The SMILES string of the molecule is Cc1ccc2c(c1)c1cc(C)ccc1n2-c1cc[c]([Ge]([c]2ccc(-c3ccccc3C#N)cc2)([c]2ccc(-n3c4ccc(C)cc4c4cc(C)ccc43)cc2)[c]2ccc(-n3c4ccc(C)cc4c4cc(C)ccc43)cc2)cc1. The van der Waals surface area contributed by atoms with E-state index in [1.165, 1.54) is 116 Å². The molecule has 0 spiro atoms. The summed E-state index contributed by atoms with van der Waals surface area (Å²) in [5.74, 6) is 0. The van der Waals surface area contributed by atoms with Crippen molar-refractivity contribution in [2.24, 2.45) is 0 Å². The van der Waals surface area contributed by atoms with Crippen LogP contribution in [0.4, 0.5) is 0 Å². The Morgan fingerprint density at radius 3 is 0.821 bits per heavy atom. The fourth-order valence-electron chi connectivity index (χ4n) is 12.9. The van der Waals surface area contributed by atoms with Gasteiger partial charge in [-0.25, -0.2) is 0 Å². The molecule has 0 aliphatic rings. The van der Waals surface area contributed by atoms with E-state index in [0.29, 0.717) is 5.56 Å². The zero-order chi connectivity index (χ0) is 53.0. The van der Waals surface area contributed by atoms with Crippen molar-refractivity contribution in [1.29, 1.82) is 5.26 Å². The van der Waals surface area contributed by atoms with Gasteiger partial charge in [-0.3, -0.25) is 0 Å². The number of nitrogens with zero attached hydrogens (tertiary/aromatic N) is 4. The first kappa shape index (κ1) is 47.3. The molecule has 14 aromatic rings. The number of hydrogen-bond donors (Lipinski definition) is 0. The Morgan fingerprint density at radius 1 is 0.295 bits per heavy atom. The van der Waals surface area contributed by atoms with Gasteiger partial charge in [-0.15, -0.1) is 0 Å². The molecule has 0 bridgehead atoms. The number of rotatable bonds is 8. The number of hydrogen-bond acceptors (Lipinski definition) is 1. The quantitative estimate of drug-likeness (QED) is 0.140. The van der Waals surface area contributed by atoms with Crippen molar-refractivity contribution >= 4 is 96.3 Å². The standard InChI is InChI=1S/C73H56GeN4/c1-46-11-33-68-62(39-46)63-40-47(2)12-34-69(63)76(68)58-27-21-55(22-28-58)74(54-19-17-52(18-20-54)61-10-8-7-9-53(61)45-75,56-23-29-59(30-24-56)77-70-35-13-48(3)41-64(70)65-42-49(4)14-36-71(65)77)57-25-31-60(32-26-57)78-72-37-15-50(5)43-66(72)67-44-51(6)16-38-73(67)78/h7-44H,1-6H3. The summed E-state index contributed by atoms with van der Waals surface area (Å²) in [5, 5.41) is 17.9. The number of aryl methyl sites for hydroxylation is 6. The van der Waals surface area contributed by atoms with Crippen molar-refractivity contribution < 1.29 is 0 Å². The van der Waals surface area contributed by atoms with Crippen LogP contribution in [0.25, 0.3) is 93.6 Å². The van der Waals surface area contributed by atoms with Gasteiger partial charge in [0.25, 0.3) is 0 Å². The van der Waals surface area contributed by atoms with Gasteiger partial charge in [-0.05, 0) is 0 Å². The Bertz CT molecular complexity index is 4190. The summed E-state index contributed by atoms with van der Waals surface area (Å²) in [6.07, 6.45) is 0. The van der Waals surface area contributed by atoms with Crippen LogP contribution in [0.3, 0.4) is 0 Å². The van der Waals surface area contributed by atoms with Gasteiger partial charge in [0.15, 0.2) is 0 Å². The third-order valence-electron chi connectivity index (χ3n) is 16.6. The molecular weight excluding hydrogens is 1010 g/mol. The van der Waals surface area contributed by atoms with Crippen LogP contribution >= 0.6 is 0 Å². The van der Waals surface area contributed by atoms with Crippen LogP contribution < -0.4 is 17.6 Å². The molecule has 0 aliphatic heterocycles. The fraction of sp³-hybridized carbons (Fsp3) is 0.0822. The van der Waals surface area contributed by atoms with Crippen LogP contribution in [0.5, 0.6) is 0 Å². The van der Waals surface area contributed by atoms with Crippen LogP contribution in [0.15, 0.2) is 231 Å². The van der Waals surface area contributed by atoms with E-state index in [9.17, 15) is 5.26 Å². The van der Waals surface area contributed by atoms with Crippen molar-refractivity contribution in [3.63, 3.8) is 0 Å². The van der Waals surface area contributed by atoms with Crippen LogP contribution in [-0.2, 0) is 0 Å². The van der Waals surface area contributed by atoms with E-state index in [1.807, 2.05) is 18.2 Å². The molecule has 3 heterocycles. The van der Waals surface area contributed by atoms with Crippen molar-refractivity contribution in [2.45, 2.75) is 41.5 Å². The Balaban J connectivity index is 1.02. The Kier molecular flexibility index (Phi) is 11.1. The molecule has 0 N–H and O–H groups in total. The second-order valence-corrected chi connectivity index (χ2v) is 29.7. The normalized spacial score (nSPS) is 12.0. The van der Waals surface area contributed by atoms with Crippen molar-refractivity contribution in [2.75, 3.05) is 0 Å². The maximum absolute atomic E-state index is 10.3. The Labute approximate surface area is 457 Å². The van der Waals surface area contributed by atoms with Gasteiger partial charge in [0.1, 0.15) is 0 Å². The van der Waals surface area contributed by atoms with E-state index in [1.54, 1.807) is 0 Å². The second-order valence-electron chi connectivity index (χ2n) is 21.8. The monoisotopic (exact) mass is 1060 g/mol. The number of nitriles is 1. The summed E-state index contributed by atoms with van der Waals surface area (Å²) < 4.78 is 12.6. The molecule has 0 atom stereocenters. The van der Waals surface area contributed by atoms with Crippen molar-refractivity contribution in [3.05, 3.63) is 269 Å². The maximum atomic E-state index is 10.3. The molecule has 5 heteroatoms. The van der Waals surface area contributed by atoms with E-state index in [4.69, 9.17) is 0 Å². The average Bonchev–Trinajstić information content (AvgIpc) is 4.21. The Hall–Kier alpha value is -9.15. The molecule has 78 heavy (non-hydrogen) atoms. The molecule has 11 aromatic carbocycles. The molecule has 14 rings (SSSR count). The van der Waals surface area contributed by atoms with Gasteiger partial charge in [0.05, 0.1) is 0 Å². The molecule has 0 amide bonds. The van der Waals surface area contributed by atoms with Crippen LogP contribution in [0.1, 0.15) is 38.9 Å². The van der Waals surface area contributed by atoms with Gasteiger partial charge in [-0.2, -0.15) is 0 Å². The minimum absolute atomic E-state index is 0.668. The zero-order valence-electron chi connectivity index (χ0n) is 44.7. The van der Waals surface area contributed by atoms with E-state index < -0.39 is 13.3 Å². The van der Waals surface area contributed by atoms with E-state index >= 15 is 0 Å². The van der Waals surface area contributed by atoms with Gasteiger partial charge in [0, 0.05) is 0 Å². The molecular formula is C73H56GeN4. The number of aromatic nitrogens is 3. The molecule has 0 fully saturated rings.